The zero-order chi connectivity index (χ0) is 21.6. The van der Waals surface area contributed by atoms with E-state index in [1.165, 1.54) is 0 Å². The smallest absolute Gasteiger partial charge is 0.422 e. The summed E-state index contributed by atoms with van der Waals surface area (Å²) >= 11 is 0. The number of nitrogens with one attached hydrogen (secondary N) is 2. The SMILES string of the molecule is CCC(=O)Nc1cc(CNC(=O)c2cnc(OCC(F)(F)F)c(F)c2)cc(C)n1. The van der Waals surface area contributed by atoms with Crippen molar-refractivity contribution in [1.29, 1.82) is 0 Å². The van der Waals surface area contributed by atoms with Crippen molar-refractivity contribution in [3.63, 3.8) is 0 Å². The molecule has 0 aliphatic heterocycles. The van der Waals surface area contributed by atoms with Crippen molar-refractivity contribution in [2.45, 2.75) is 33.0 Å². The van der Waals surface area contributed by atoms with Gasteiger partial charge in [-0.25, -0.2) is 14.4 Å². The molecule has 2 amide bonds. The molecule has 2 aromatic rings. The van der Waals surface area contributed by atoms with Crippen LogP contribution in [0.15, 0.2) is 24.4 Å². The lowest BCUT2D eigenvalue weighted by molar-refractivity contribution is -0.154. The van der Waals surface area contributed by atoms with Gasteiger partial charge >= 0.3 is 6.18 Å². The number of hydrogen-bond acceptors (Lipinski definition) is 5. The maximum atomic E-state index is 13.8. The van der Waals surface area contributed by atoms with Gasteiger partial charge in [-0.1, -0.05) is 6.92 Å². The molecule has 0 aliphatic carbocycles. The average Bonchev–Trinajstić information content (AvgIpc) is 2.63. The van der Waals surface area contributed by atoms with Crippen LogP contribution in [0.5, 0.6) is 5.88 Å². The van der Waals surface area contributed by atoms with Crippen LogP contribution in [-0.4, -0.2) is 34.6 Å². The third-order valence-electron chi connectivity index (χ3n) is 3.50. The van der Waals surface area contributed by atoms with E-state index in [4.69, 9.17) is 0 Å². The number of amides is 2. The highest BCUT2D eigenvalue weighted by atomic mass is 19.4. The topological polar surface area (TPSA) is 93.2 Å². The second kappa shape index (κ2) is 9.30. The molecule has 0 unspecified atom stereocenters. The van der Waals surface area contributed by atoms with Crippen LogP contribution in [0.3, 0.4) is 0 Å². The Morgan fingerprint density at radius 2 is 1.93 bits per heavy atom. The number of halogens is 4. The van der Waals surface area contributed by atoms with E-state index in [9.17, 15) is 27.2 Å². The number of aryl methyl sites for hydroxylation is 1. The standard InChI is InChI=1S/C18H18F4N4O3/c1-3-15(27)26-14-5-11(4-10(2)25-14)7-23-16(28)12-6-13(19)17(24-8-12)29-9-18(20,21)22/h4-6,8H,3,7,9H2,1-2H3,(H,23,28)(H,25,26,27). The number of pyridine rings is 2. The molecule has 0 aliphatic rings. The van der Waals surface area contributed by atoms with Crippen molar-refractivity contribution >= 4 is 17.6 Å². The molecule has 2 rings (SSSR count). The van der Waals surface area contributed by atoms with Gasteiger partial charge in [-0.15, -0.1) is 0 Å². The Bertz CT molecular complexity index is 903. The van der Waals surface area contributed by atoms with Crippen molar-refractivity contribution in [3.8, 4) is 5.88 Å². The summed E-state index contributed by atoms with van der Waals surface area (Å²) in [6.07, 6.45) is -3.44. The van der Waals surface area contributed by atoms with Crippen LogP contribution in [0, 0.1) is 12.7 Å². The Kier molecular flexibility index (Phi) is 7.08. The van der Waals surface area contributed by atoms with E-state index in [0.717, 1.165) is 12.3 Å². The number of carbonyl (C=O) groups excluding carboxylic acids is 2. The minimum absolute atomic E-state index is 0.0468. The Morgan fingerprint density at radius 3 is 2.55 bits per heavy atom. The van der Waals surface area contributed by atoms with Crippen LogP contribution in [0.2, 0.25) is 0 Å². The second-order valence-electron chi connectivity index (χ2n) is 6.00. The average molecular weight is 414 g/mol. The zero-order valence-corrected chi connectivity index (χ0v) is 15.6. The molecule has 0 fully saturated rings. The highest BCUT2D eigenvalue weighted by molar-refractivity contribution is 5.94. The molecular formula is C18H18F4N4O3. The molecule has 0 spiro atoms. The van der Waals surface area contributed by atoms with Gasteiger partial charge in [-0.2, -0.15) is 13.2 Å². The molecule has 0 bridgehead atoms. The maximum Gasteiger partial charge on any atom is 0.422 e. The van der Waals surface area contributed by atoms with Crippen molar-refractivity contribution in [2.75, 3.05) is 11.9 Å². The lowest BCUT2D eigenvalue weighted by atomic mass is 10.2. The van der Waals surface area contributed by atoms with E-state index in [0.29, 0.717) is 17.1 Å². The van der Waals surface area contributed by atoms with Gasteiger partial charge in [0.25, 0.3) is 11.8 Å². The molecule has 2 heterocycles. The number of alkyl halides is 3. The normalized spacial score (nSPS) is 11.1. The molecular weight excluding hydrogens is 396 g/mol. The van der Waals surface area contributed by atoms with E-state index in [2.05, 4.69) is 25.3 Å². The first-order valence-corrected chi connectivity index (χ1v) is 8.48. The lowest BCUT2D eigenvalue weighted by Crippen LogP contribution is -2.24. The number of nitrogens with zero attached hydrogens (tertiary/aromatic N) is 2. The largest absolute Gasteiger partial charge is 0.466 e. The summed E-state index contributed by atoms with van der Waals surface area (Å²) in [4.78, 5) is 31.2. The summed E-state index contributed by atoms with van der Waals surface area (Å²) in [6, 6.07) is 4.00. The first-order valence-electron chi connectivity index (χ1n) is 8.48. The maximum absolute atomic E-state index is 13.8. The molecule has 0 atom stereocenters. The molecule has 0 saturated carbocycles. The van der Waals surface area contributed by atoms with Gasteiger partial charge in [-0.3, -0.25) is 9.59 Å². The van der Waals surface area contributed by atoms with Crippen LogP contribution in [0.25, 0.3) is 0 Å². The summed E-state index contributed by atoms with van der Waals surface area (Å²) < 4.78 is 54.4. The molecule has 29 heavy (non-hydrogen) atoms. The molecule has 2 aromatic heterocycles. The van der Waals surface area contributed by atoms with E-state index >= 15 is 0 Å². The third-order valence-corrected chi connectivity index (χ3v) is 3.50. The fourth-order valence-corrected chi connectivity index (χ4v) is 2.23. The Balaban J connectivity index is 2.02. The summed E-state index contributed by atoms with van der Waals surface area (Å²) in [7, 11) is 0. The molecule has 0 aromatic carbocycles. The number of carbonyl (C=O) groups is 2. The fourth-order valence-electron chi connectivity index (χ4n) is 2.23. The van der Waals surface area contributed by atoms with Crippen LogP contribution in [0.4, 0.5) is 23.4 Å². The third kappa shape index (κ3) is 7.01. The first-order chi connectivity index (χ1) is 13.6. The van der Waals surface area contributed by atoms with Gasteiger partial charge in [0.1, 0.15) is 5.82 Å². The molecule has 11 heteroatoms. The number of ether oxygens (including phenoxy) is 1. The van der Waals surface area contributed by atoms with Crippen LogP contribution in [-0.2, 0) is 11.3 Å². The highest BCUT2D eigenvalue weighted by Crippen LogP contribution is 2.20. The quantitative estimate of drug-likeness (QED) is 0.679. The van der Waals surface area contributed by atoms with Crippen molar-refractivity contribution in [2.24, 2.45) is 0 Å². The summed E-state index contributed by atoms with van der Waals surface area (Å²) in [5.74, 6) is -2.61. The molecule has 156 valence electrons. The van der Waals surface area contributed by atoms with E-state index in [1.807, 2.05) is 0 Å². The van der Waals surface area contributed by atoms with Crippen LogP contribution < -0.4 is 15.4 Å². The van der Waals surface area contributed by atoms with Crippen molar-refractivity contribution < 1.29 is 31.9 Å². The molecule has 0 radical (unpaired) electrons. The van der Waals surface area contributed by atoms with Crippen molar-refractivity contribution in [3.05, 3.63) is 47.0 Å². The molecule has 2 N–H and O–H groups in total. The summed E-state index contributed by atoms with van der Waals surface area (Å²) in [5.41, 5.74) is 1.06. The zero-order valence-electron chi connectivity index (χ0n) is 15.6. The predicted molar refractivity (Wildman–Crippen MR) is 94.8 cm³/mol. The Labute approximate surface area is 163 Å². The number of hydrogen-bond donors (Lipinski definition) is 2. The Hall–Kier alpha value is -3.24. The number of rotatable bonds is 7. The van der Waals surface area contributed by atoms with Gasteiger partial charge in [0.2, 0.25) is 5.91 Å². The fraction of sp³-hybridized carbons (Fsp3) is 0.333. The highest BCUT2D eigenvalue weighted by Gasteiger charge is 2.29. The van der Waals surface area contributed by atoms with Gasteiger partial charge in [0.15, 0.2) is 12.4 Å². The van der Waals surface area contributed by atoms with Gasteiger partial charge in [0, 0.05) is 24.9 Å². The van der Waals surface area contributed by atoms with E-state index < -0.39 is 30.4 Å². The van der Waals surface area contributed by atoms with E-state index in [1.54, 1.807) is 26.0 Å². The van der Waals surface area contributed by atoms with Gasteiger partial charge < -0.3 is 15.4 Å². The first kappa shape index (κ1) is 22.1. The second-order valence-corrected chi connectivity index (χ2v) is 6.00. The van der Waals surface area contributed by atoms with E-state index in [-0.39, 0.29) is 24.4 Å². The Morgan fingerprint density at radius 1 is 1.21 bits per heavy atom. The van der Waals surface area contributed by atoms with Crippen LogP contribution in [0.1, 0.15) is 35.0 Å². The predicted octanol–water partition coefficient (Wildman–Crippen LogP) is 3.14. The van der Waals surface area contributed by atoms with Gasteiger partial charge in [0.05, 0.1) is 5.56 Å². The monoisotopic (exact) mass is 414 g/mol. The summed E-state index contributed by atoms with van der Waals surface area (Å²) in [6.45, 7) is 1.76. The van der Waals surface area contributed by atoms with Crippen LogP contribution >= 0.6 is 0 Å². The summed E-state index contributed by atoms with van der Waals surface area (Å²) in [5, 5.41) is 5.15. The number of anilines is 1. The van der Waals surface area contributed by atoms with Crippen molar-refractivity contribution in [1.82, 2.24) is 15.3 Å². The minimum Gasteiger partial charge on any atom is -0.466 e. The lowest BCUT2D eigenvalue weighted by Gasteiger charge is -2.11. The minimum atomic E-state index is -4.64. The molecule has 7 nitrogen and oxygen atoms in total. The van der Waals surface area contributed by atoms with Gasteiger partial charge in [-0.05, 0) is 30.7 Å². The number of aromatic nitrogens is 2. The molecule has 0 saturated heterocycles.